The standard InChI is InChI=1S/C15H24N2O/c1-4-16-15(13-9-10-18-11-13)12-5-7-14(8-6-12)17(2)3/h5-8,13,15-16H,4,9-11H2,1-3H3. The van der Waals surface area contributed by atoms with Crippen LogP contribution >= 0.6 is 0 Å². The van der Waals surface area contributed by atoms with Crippen LogP contribution in [0.2, 0.25) is 0 Å². The van der Waals surface area contributed by atoms with Crippen molar-refractivity contribution in [1.29, 1.82) is 0 Å². The van der Waals surface area contributed by atoms with Crippen LogP contribution in [0.25, 0.3) is 0 Å². The average Bonchev–Trinajstić information content (AvgIpc) is 2.90. The highest BCUT2D eigenvalue weighted by atomic mass is 16.5. The Balaban J connectivity index is 2.14. The summed E-state index contributed by atoms with van der Waals surface area (Å²) in [5, 5.41) is 3.60. The first-order chi connectivity index (χ1) is 8.72. The van der Waals surface area contributed by atoms with Crippen molar-refractivity contribution in [2.75, 3.05) is 38.8 Å². The van der Waals surface area contributed by atoms with E-state index >= 15 is 0 Å². The molecule has 18 heavy (non-hydrogen) atoms. The van der Waals surface area contributed by atoms with Crippen LogP contribution in [0.15, 0.2) is 24.3 Å². The van der Waals surface area contributed by atoms with Gasteiger partial charge in [-0.15, -0.1) is 0 Å². The lowest BCUT2D eigenvalue weighted by molar-refractivity contribution is 0.177. The van der Waals surface area contributed by atoms with E-state index in [1.54, 1.807) is 0 Å². The van der Waals surface area contributed by atoms with E-state index in [0.29, 0.717) is 12.0 Å². The Morgan fingerprint density at radius 2 is 2.06 bits per heavy atom. The Morgan fingerprint density at radius 1 is 1.33 bits per heavy atom. The zero-order chi connectivity index (χ0) is 13.0. The minimum Gasteiger partial charge on any atom is -0.381 e. The van der Waals surface area contributed by atoms with Gasteiger partial charge in [-0.25, -0.2) is 0 Å². The third-order valence-electron chi connectivity index (χ3n) is 3.63. The van der Waals surface area contributed by atoms with Gasteiger partial charge in [0.1, 0.15) is 0 Å². The monoisotopic (exact) mass is 248 g/mol. The topological polar surface area (TPSA) is 24.5 Å². The maximum Gasteiger partial charge on any atom is 0.0513 e. The highest BCUT2D eigenvalue weighted by molar-refractivity contribution is 5.46. The van der Waals surface area contributed by atoms with Gasteiger partial charge in [0.15, 0.2) is 0 Å². The van der Waals surface area contributed by atoms with Crippen LogP contribution in [-0.4, -0.2) is 33.9 Å². The van der Waals surface area contributed by atoms with Crippen LogP contribution in [0, 0.1) is 5.92 Å². The Bertz CT molecular complexity index is 355. The number of nitrogens with one attached hydrogen (secondary N) is 1. The largest absolute Gasteiger partial charge is 0.381 e. The summed E-state index contributed by atoms with van der Waals surface area (Å²) in [4.78, 5) is 2.13. The van der Waals surface area contributed by atoms with Gasteiger partial charge in [-0.2, -0.15) is 0 Å². The molecule has 1 N–H and O–H groups in total. The lowest BCUT2D eigenvalue weighted by Gasteiger charge is -2.24. The van der Waals surface area contributed by atoms with Crippen molar-refractivity contribution < 1.29 is 4.74 Å². The summed E-state index contributed by atoms with van der Waals surface area (Å²) in [5.74, 6) is 0.607. The summed E-state index contributed by atoms with van der Waals surface area (Å²) in [6.45, 7) is 4.95. The highest BCUT2D eigenvalue weighted by Crippen LogP contribution is 2.29. The van der Waals surface area contributed by atoms with Gasteiger partial charge in [0.05, 0.1) is 6.61 Å². The second kappa shape index (κ2) is 6.21. The fourth-order valence-electron chi connectivity index (χ4n) is 2.57. The molecule has 0 radical (unpaired) electrons. The molecular formula is C15H24N2O. The molecule has 2 atom stereocenters. The normalized spacial score (nSPS) is 20.9. The Hall–Kier alpha value is -1.06. The SMILES string of the molecule is CCNC(c1ccc(N(C)C)cc1)C1CCOC1. The summed E-state index contributed by atoms with van der Waals surface area (Å²) in [7, 11) is 4.14. The fourth-order valence-corrected chi connectivity index (χ4v) is 2.57. The van der Waals surface area contributed by atoms with Crippen molar-refractivity contribution in [3.05, 3.63) is 29.8 Å². The van der Waals surface area contributed by atoms with E-state index in [1.165, 1.54) is 11.3 Å². The van der Waals surface area contributed by atoms with Gasteiger partial charge in [-0.05, 0) is 30.7 Å². The minimum absolute atomic E-state index is 0.425. The Kier molecular flexibility index (Phi) is 4.61. The van der Waals surface area contributed by atoms with Crippen molar-refractivity contribution in [2.24, 2.45) is 5.92 Å². The number of ether oxygens (including phenoxy) is 1. The first-order valence-electron chi connectivity index (χ1n) is 6.80. The average molecular weight is 248 g/mol. The van der Waals surface area contributed by atoms with Gasteiger partial charge in [0.25, 0.3) is 0 Å². The molecule has 1 aromatic rings. The summed E-state index contributed by atoms with van der Waals surface area (Å²) in [6.07, 6.45) is 1.16. The van der Waals surface area contributed by atoms with Crippen molar-refractivity contribution in [3.63, 3.8) is 0 Å². The molecule has 3 nitrogen and oxygen atoms in total. The highest BCUT2D eigenvalue weighted by Gasteiger charge is 2.26. The molecule has 1 aromatic carbocycles. The van der Waals surface area contributed by atoms with Crippen LogP contribution in [0.4, 0.5) is 5.69 Å². The number of hydrogen-bond acceptors (Lipinski definition) is 3. The summed E-state index contributed by atoms with van der Waals surface area (Å²) in [6, 6.07) is 9.28. The van der Waals surface area contributed by atoms with Gasteiger partial charge >= 0.3 is 0 Å². The predicted molar refractivity (Wildman–Crippen MR) is 76.1 cm³/mol. The second-order valence-electron chi connectivity index (χ2n) is 5.14. The molecule has 100 valence electrons. The maximum absolute atomic E-state index is 5.52. The van der Waals surface area contributed by atoms with E-state index in [0.717, 1.165) is 26.2 Å². The number of nitrogens with zero attached hydrogens (tertiary/aromatic N) is 1. The van der Waals surface area contributed by atoms with Gasteiger partial charge in [-0.1, -0.05) is 19.1 Å². The molecule has 3 heteroatoms. The molecule has 0 spiro atoms. The molecule has 1 aliphatic heterocycles. The van der Waals surface area contributed by atoms with Crippen molar-refractivity contribution in [1.82, 2.24) is 5.32 Å². The minimum atomic E-state index is 0.425. The van der Waals surface area contributed by atoms with Crippen LogP contribution in [-0.2, 0) is 4.74 Å². The zero-order valence-corrected chi connectivity index (χ0v) is 11.6. The van der Waals surface area contributed by atoms with Crippen LogP contribution in [0.5, 0.6) is 0 Å². The summed E-state index contributed by atoms with van der Waals surface area (Å²) in [5.41, 5.74) is 2.62. The number of rotatable bonds is 5. The zero-order valence-electron chi connectivity index (χ0n) is 11.6. The van der Waals surface area contributed by atoms with E-state index in [2.05, 4.69) is 55.5 Å². The molecule has 0 aromatic heterocycles. The quantitative estimate of drug-likeness (QED) is 0.866. The van der Waals surface area contributed by atoms with Crippen LogP contribution < -0.4 is 10.2 Å². The van der Waals surface area contributed by atoms with Gasteiger partial charge in [-0.3, -0.25) is 0 Å². The second-order valence-corrected chi connectivity index (χ2v) is 5.14. The van der Waals surface area contributed by atoms with E-state index < -0.39 is 0 Å². The molecule has 1 fully saturated rings. The van der Waals surface area contributed by atoms with Crippen LogP contribution in [0.3, 0.4) is 0 Å². The molecule has 2 rings (SSSR count). The molecule has 0 amide bonds. The summed E-state index contributed by atoms with van der Waals surface area (Å²) < 4.78 is 5.52. The lowest BCUT2D eigenvalue weighted by Crippen LogP contribution is -2.28. The van der Waals surface area contributed by atoms with E-state index in [4.69, 9.17) is 4.74 Å². The third-order valence-corrected chi connectivity index (χ3v) is 3.63. The van der Waals surface area contributed by atoms with Crippen LogP contribution in [0.1, 0.15) is 24.9 Å². The van der Waals surface area contributed by atoms with E-state index in [9.17, 15) is 0 Å². The molecule has 1 heterocycles. The molecule has 0 bridgehead atoms. The maximum atomic E-state index is 5.52. The van der Waals surface area contributed by atoms with Gasteiger partial charge in [0, 0.05) is 38.3 Å². The molecule has 0 aliphatic carbocycles. The molecule has 2 unspecified atom stereocenters. The molecule has 1 saturated heterocycles. The summed E-state index contributed by atoms with van der Waals surface area (Å²) >= 11 is 0. The number of anilines is 1. The predicted octanol–water partition coefficient (Wildman–Crippen LogP) is 2.44. The van der Waals surface area contributed by atoms with Gasteiger partial charge in [0.2, 0.25) is 0 Å². The molecular weight excluding hydrogens is 224 g/mol. The third kappa shape index (κ3) is 3.03. The fraction of sp³-hybridized carbons (Fsp3) is 0.600. The Morgan fingerprint density at radius 3 is 2.56 bits per heavy atom. The molecule has 1 aliphatic rings. The number of benzene rings is 1. The molecule has 0 saturated carbocycles. The smallest absolute Gasteiger partial charge is 0.0513 e. The lowest BCUT2D eigenvalue weighted by atomic mass is 9.92. The number of hydrogen-bond donors (Lipinski definition) is 1. The Labute approximate surface area is 110 Å². The van der Waals surface area contributed by atoms with Crippen molar-refractivity contribution >= 4 is 5.69 Å². The first kappa shape index (κ1) is 13.4. The van der Waals surface area contributed by atoms with E-state index in [-0.39, 0.29) is 0 Å². The van der Waals surface area contributed by atoms with Gasteiger partial charge < -0.3 is 15.0 Å². The van der Waals surface area contributed by atoms with E-state index in [1.807, 2.05) is 0 Å². The first-order valence-corrected chi connectivity index (χ1v) is 6.80. The van der Waals surface area contributed by atoms with Crippen molar-refractivity contribution in [2.45, 2.75) is 19.4 Å². The van der Waals surface area contributed by atoms with Crippen molar-refractivity contribution in [3.8, 4) is 0 Å².